The summed E-state index contributed by atoms with van der Waals surface area (Å²) >= 11 is 0. The lowest BCUT2D eigenvalue weighted by atomic mass is 10.0. The summed E-state index contributed by atoms with van der Waals surface area (Å²) < 4.78 is 29.4. The van der Waals surface area contributed by atoms with E-state index in [2.05, 4.69) is 15.0 Å². The Morgan fingerprint density at radius 2 is 2.38 bits per heavy atom. The molecule has 1 aliphatic rings. The number of aliphatic hydroxyl groups excluding tert-OH is 1. The Morgan fingerprint density at radius 3 is 3.04 bits per heavy atom. The van der Waals surface area contributed by atoms with Crippen molar-refractivity contribution in [3.63, 3.8) is 0 Å². The van der Waals surface area contributed by atoms with Crippen molar-refractivity contribution < 1.29 is 28.6 Å². The number of nitrogens with two attached hydrogens (primary N) is 1. The van der Waals surface area contributed by atoms with Crippen molar-refractivity contribution in [3.8, 4) is 0 Å². The number of anilines is 1. The molecule has 24 heavy (non-hydrogen) atoms. The van der Waals surface area contributed by atoms with Gasteiger partial charge in [0.25, 0.3) is 0 Å². The molecule has 3 heterocycles. The summed E-state index contributed by atoms with van der Waals surface area (Å²) in [4.78, 5) is 21.5. The second-order valence-corrected chi connectivity index (χ2v) is 7.42. The third-order valence-corrected chi connectivity index (χ3v) is 4.44. The van der Waals surface area contributed by atoms with Crippen LogP contribution in [-0.2, 0) is 18.6 Å². The highest BCUT2D eigenvalue weighted by Crippen LogP contribution is 2.43. The first-order chi connectivity index (χ1) is 11.2. The Labute approximate surface area is 136 Å². The van der Waals surface area contributed by atoms with Gasteiger partial charge in [0.2, 0.25) is 12.4 Å². The fourth-order valence-electron chi connectivity index (χ4n) is 2.43. The SMILES string of the molecule is C[C@@H](OP(C)(=O)O)[C@]1(CO)COC(n2cnc3cnc(N)nc32)O1. The number of nitrogen functional groups attached to an aromatic ring is 1. The molecule has 11 nitrogen and oxygen atoms in total. The van der Waals surface area contributed by atoms with Gasteiger partial charge in [-0.05, 0) is 6.92 Å². The van der Waals surface area contributed by atoms with E-state index in [9.17, 15) is 14.6 Å². The van der Waals surface area contributed by atoms with Crippen LogP contribution >= 0.6 is 7.60 Å². The van der Waals surface area contributed by atoms with Gasteiger partial charge in [0.05, 0.1) is 25.5 Å². The highest BCUT2D eigenvalue weighted by atomic mass is 31.2. The smallest absolute Gasteiger partial charge is 0.325 e. The van der Waals surface area contributed by atoms with E-state index in [0.29, 0.717) is 11.2 Å². The number of aliphatic hydroxyl groups is 1. The molecule has 0 aliphatic carbocycles. The lowest BCUT2D eigenvalue weighted by Crippen LogP contribution is -2.47. The van der Waals surface area contributed by atoms with Gasteiger partial charge in [-0.1, -0.05) is 0 Å². The standard InChI is InChI=1S/C12H18N5O6P/c1-7(23-24(2,19)20)12(4-18)5-21-11(22-12)17-6-15-8-3-14-10(13)16-9(8)17/h3,6-7,11,18H,4-5H2,1-2H3,(H,19,20)(H2,13,14,16)/t7-,11?,12+/m1/s1. The summed E-state index contributed by atoms with van der Waals surface area (Å²) in [6, 6.07) is 0. The third kappa shape index (κ3) is 3.14. The molecule has 2 unspecified atom stereocenters. The fraction of sp³-hybridized carbons (Fsp3) is 0.583. The Morgan fingerprint density at radius 1 is 1.62 bits per heavy atom. The van der Waals surface area contributed by atoms with Crippen LogP contribution in [0.25, 0.3) is 11.2 Å². The Balaban J connectivity index is 1.87. The number of fused-ring (bicyclic) bond motifs is 1. The Hall–Kier alpha value is -1.62. The van der Waals surface area contributed by atoms with E-state index in [1.54, 1.807) is 0 Å². The van der Waals surface area contributed by atoms with E-state index in [1.807, 2.05) is 0 Å². The molecule has 0 saturated carbocycles. The zero-order valence-corrected chi connectivity index (χ0v) is 14.0. The van der Waals surface area contributed by atoms with Gasteiger partial charge in [-0.2, -0.15) is 4.98 Å². The van der Waals surface area contributed by atoms with E-state index in [0.717, 1.165) is 6.66 Å². The van der Waals surface area contributed by atoms with Crippen molar-refractivity contribution in [1.29, 1.82) is 0 Å². The first-order valence-corrected chi connectivity index (χ1v) is 9.10. The van der Waals surface area contributed by atoms with Crippen molar-refractivity contribution in [2.24, 2.45) is 0 Å². The zero-order valence-electron chi connectivity index (χ0n) is 13.1. The summed E-state index contributed by atoms with van der Waals surface area (Å²) in [5, 5.41) is 9.73. The molecule has 4 N–H and O–H groups in total. The molecular weight excluding hydrogens is 341 g/mol. The van der Waals surface area contributed by atoms with E-state index >= 15 is 0 Å². The first-order valence-electron chi connectivity index (χ1n) is 7.08. The maximum Gasteiger partial charge on any atom is 0.325 e. The summed E-state index contributed by atoms with van der Waals surface area (Å²) in [5.41, 5.74) is 5.18. The summed E-state index contributed by atoms with van der Waals surface area (Å²) in [5.74, 6) is 0.0690. The number of aromatic nitrogens is 4. The fourth-order valence-corrected chi connectivity index (χ4v) is 3.21. The molecule has 0 amide bonds. The van der Waals surface area contributed by atoms with Crippen molar-refractivity contribution >= 4 is 24.7 Å². The summed E-state index contributed by atoms with van der Waals surface area (Å²) in [6.45, 7) is 2.08. The van der Waals surface area contributed by atoms with Crippen molar-refractivity contribution in [1.82, 2.24) is 19.5 Å². The largest absolute Gasteiger partial charge is 0.393 e. The second-order valence-electron chi connectivity index (χ2n) is 5.60. The zero-order chi connectivity index (χ0) is 17.5. The molecule has 1 aliphatic heterocycles. The van der Waals surface area contributed by atoms with Gasteiger partial charge >= 0.3 is 7.60 Å². The molecule has 132 valence electrons. The van der Waals surface area contributed by atoms with Crippen molar-refractivity contribution in [2.75, 3.05) is 25.6 Å². The van der Waals surface area contributed by atoms with E-state index < -0.39 is 32.3 Å². The number of rotatable bonds is 5. The molecule has 2 aromatic heterocycles. The predicted molar refractivity (Wildman–Crippen MR) is 81.9 cm³/mol. The molecule has 0 radical (unpaired) electrons. The van der Waals surface area contributed by atoms with Crippen LogP contribution in [0.15, 0.2) is 12.5 Å². The van der Waals surface area contributed by atoms with Gasteiger partial charge in [-0.25, -0.2) is 9.97 Å². The first kappa shape index (κ1) is 17.2. The van der Waals surface area contributed by atoms with Gasteiger partial charge in [-0.15, -0.1) is 0 Å². The third-order valence-electron chi connectivity index (χ3n) is 3.73. The second kappa shape index (κ2) is 6.03. The monoisotopic (exact) mass is 359 g/mol. The molecule has 2 aromatic rings. The van der Waals surface area contributed by atoms with Gasteiger partial charge in [0.1, 0.15) is 17.4 Å². The van der Waals surface area contributed by atoms with Crippen LogP contribution in [-0.4, -0.2) is 61.1 Å². The highest BCUT2D eigenvalue weighted by molar-refractivity contribution is 7.51. The van der Waals surface area contributed by atoms with Crippen LogP contribution in [0.4, 0.5) is 5.95 Å². The molecule has 3 rings (SSSR count). The number of hydrogen-bond donors (Lipinski definition) is 3. The number of nitrogens with zero attached hydrogens (tertiary/aromatic N) is 4. The molecule has 4 atom stereocenters. The van der Waals surface area contributed by atoms with Crippen LogP contribution in [0.1, 0.15) is 13.3 Å². The predicted octanol–water partition coefficient (Wildman–Crippen LogP) is -0.137. The Bertz CT molecular complexity index is 793. The Kier molecular flexibility index (Phi) is 4.32. The molecule has 12 heteroatoms. The molecule has 1 saturated heterocycles. The number of ether oxygens (including phenoxy) is 2. The minimum atomic E-state index is -3.76. The summed E-state index contributed by atoms with van der Waals surface area (Å²) in [6.07, 6.45) is 1.08. The summed E-state index contributed by atoms with van der Waals surface area (Å²) in [7, 11) is -3.76. The molecule has 0 spiro atoms. The van der Waals surface area contributed by atoms with Crippen LogP contribution in [0.5, 0.6) is 0 Å². The average molecular weight is 359 g/mol. The van der Waals surface area contributed by atoms with E-state index in [4.69, 9.17) is 19.7 Å². The van der Waals surface area contributed by atoms with E-state index in [-0.39, 0.29) is 12.6 Å². The van der Waals surface area contributed by atoms with Gasteiger partial charge in [-0.3, -0.25) is 9.13 Å². The highest BCUT2D eigenvalue weighted by Gasteiger charge is 2.48. The number of hydrogen-bond acceptors (Lipinski definition) is 9. The van der Waals surface area contributed by atoms with Crippen LogP contribution < -0.4 is 5.73 Å². The minimum absolute atomic E-state index is 0.0461. The molecule has 0 aromatic carbocycles. The molecular formula is C12H18N5O6P. The maximum absolute atomic E-state index is 11.5. The topological polar surface area (TPSA) is 155 Å². The van der Waals surface area contributed by atoms with Crippen molar-refractivity contribution in [2.45, 2.75) is 25.0 Å². The molecule has 1 fully saturated rings. The van der Waals surface area contributed by atoms with Crippen LogP contribution in [0, 0.1) is 0 Å². The normalized spacial score (nSPS) is 28.1. The lowest BCUT2D eigenvalue weighted by Gasteiger charge is -2.31. The van der Waals surface area contributed by atoms with Gasteiger partial charge in [0, 0.05) is 6.66 Å². The van der Waals surface area contributed by atoms with Crippen LogP contribution in [0.2, 0.25) is 0 Å². The van der Waals surface area contributed by atoms with Crippen LogP contribution in [0.3, 0.4) is 0 Å². The number of imidazole rings is 1. The molecule has 0 bridgehead atoms. The lowest BCUT2D eigenvalue weighted by molar-refractivity contribution is -0.171. The van der Waals surface area contributed by atoms with Crippen molar-refractivity contribution in [3.05, 3.63) is 12.5 Å². The van der Waals surface area contributed by atoms with Gasteiger partial charge in [0.15, 0.2) is 5.65 Å². The van der Waals surface area contributed by atoms with E-state index in [1.165, 1.54) is 24.0 Å². The maximum atomic E-state index is 11.5. The quantitative estimate of drug-likeness (QED) is 0.614. The average Bonchev–Trinajstić information content (AvgIpc) is 3.09. The minimum Gasteiger partial charge on any atom is -0.393 e. The van der Waals surface area contributed by atoms with Gasteiger partial charge < -0.3 is 29.7 Å².